The van der Waals surface area contributed by atoms with Crippen LogP contribution in [0.5, 0.6) is 0 Å². The molecule has 0 aromatic heterocycles. The van der Waals surface area contributed by atoms with Crippen LogP contribution in [0.2, 0.25) is 0 Å². The Morgan fingerprint density at radius 1 is 0.368 bits per heavy atom. The summed E-state index contributed by atoms with van der Waals surface area (Å²) in [6.45, 7) is 6.35. The van der Waals surface area contributed by atoms with Crippen molar-refractivity contribution in [3.05, 3.63) is 34.4 Å². The van der Waals surface area contributed by atoms with Crippen LogP contribution >= 0.6 is 0 Å². The average Bonchev–Trinajstić information content (AvgIpc) is 2.93. The fourth-order valence-electron chi connectivity index (χ4n) is 6.03. The molecule has 0 unspecified atom stereocenters. The molecule has 0 saturated heterocycles. The van der Waals surface area contributed by atoms with Crippen LogP contribution in [-0.2, 0) is 25.7 Å². The van der Waals surface area contributed by atoms with E-state index in [1.54, 1.807) is 22.3 Å². The highest BCUT2D eigenvalue weighted by molar-refractivity contribution is 5.42. The van der Waals surface area contributed by atoms with Crippen molar-refractivity contribution in [2.24, 2.45) is 11.5 Å². The van der Waals surface area contributed by atoms with Gasteiger partial charge in [-0.05, 0) is 99.6 Å². The van der Waals surface area contributed by atoms with Crippen LogP contribution in [0.25, 0.3) is 0 Å². The average molecular weight is 529 g/mol. The van der Waals surface area contributed by atoms with Crippen LogP contribution in [0.15, 0.2) is 12.1 Å². The quantitative estimate of drug-likeness (QED) is 0.106. The van der Waals surface area contributed by atoms with Gasteiger partial charge in [-0.2, -0.15) is 0 Å². The predicted molar refractivity (Wildman–Crippen MR) is 172 cm³/mol. The molecule has 1 rings (SSSR count). The van der Waals surface area contributed by atoms with Crippen molar-refractivity contribution >= 4 is 0 Å². The van der Waals surface area contributed by atoms with E-state index in [0.717, 1.165) is 13.1 Å². The third-order valence-corrected chi connectivity index (χ3v) is 8.49. The van der Waals surface area contributed by atoms with Crippen molar-refractivity contribution in [2.45, 2.75) is 181 Å². The van der Waals surface area contributed by atoms with E-state index >= 15 is 0 Å². The third-order valence-electron chi connectivity index (χ3n) is 8.49. The summed E-state index contributed by atoms with van der Waals surface area (Å²) in [7, 11) is 0. The summed E-state index contributed by atoms with van der Waals surface area (Å²) in [5.74, 6) is 0. The van der Waals surface area contributed by atoms with Gasteiger partial charge in [0.1, 0.15) is 0 Å². The first-order valence-corrected chi connectivity index (χ1v) is 17.3. The van der Waals surface area contributed by atoms with Gasteiger partial charge in [-0.25, -0.2) is 0 Å². The van der Waals surface area contributed by atoms with E-state index in [-0.39, 0.29) is 0 Å². The molecule has 0 atom stereocenters. The number of hydrogen-bond acceptors (Lipinski definition) is 2. The van der Waals surface area contributed by atoms with Crippen LogP contribution < -0.4 is 11.5 Å². The normalized spacial score (nSPS) is 11.5. The maximum Gasteiger partial charge on any atom is -0.00773 e. The molecular weight excluding hydrogens is 460 g/mol. The topological polar surface area (TPSA) is 52.0 Å². The highest BCUT2D eigenvalue weighted by atomic mass is 14.5. The zero-order valence-corrected chi connectivity index (χ0v) is 26.1. The lowest BCUT2D eigenvalue weighted by molar-refractivity contribution is 0.585. The highest BCUT2D eigenvalue weighted by Crippen LogP contribution is 2.28. The fourth-order valence-corrected chi connectivity index (χ4v) is 6.03. The zero-order chi connectivity index (χ0) is 27.5. The lowest BCUT2D eigenvalue weighted by atomic mass is 9.85. The number of nitrogens with two attached hydrogens (primary N) is 2. The first-order chi connectivity index (χ1) is 18.8. The van der Waals surface area contributed by atoms with Crippen molar-refractivity contribution in [3.63, 3.8) is 0 Å². The number of aryl methyl sites for hydroxylation is 2. The van der Waals surface area contributed by atoms with E-state index in [2.05, 4.69) is 26.0 Å². The van der Waals surface area contributed by atoms with Gasteiger partial charge in [0.05, 0.1) is 0 Å². The van der Waals surface area contributed by atoms with Gasteiger partial charge in [0.2, 0.25) is 0 Å². The van der Waals surface area contributed by atoms with E-state index in [1.165, 1.54) is 167 Å². The van der Waals surface area contributed by atoms with Crippen LogP contribution in [-0.4, -0.2) is 13.1 Å². The van der Waals surface area contributed by atoms with E-state index in [4.69, 9.17) is 11.5 Å². The second-order valence-electron chi connectivity index (χ2n) is 12.0. The molecule has 4 N–H and O–H groups in total. The van der Waals surface area contributed by atoms with Gasteiger partial charge >= 0.3 is 0 Å². The second-order valence-corrected chi connectivity index (χ2v) is 12.0. The van der Waals surface area contributed by atoms with Gasteiger partial charge in [-0.1, -0.05) is 129 Å². The molecule has 222 valence electrons. The number of rotatable bonds is 28. The molecule has 0 aliphatic rings. The molecule has 0 bridgehead atoms. The molecule has 2 nitrogen and oxygen atoms in total. The Morgan fingerprint density at radius 2 is 0.658 bits per heavy atom. The van der Waals surface area contributed by atoms with E-state index < -0.39 is 0 Å². The first kappa shape index (κ1) is 35.2. The number of benzene rings is 1. The zero-order valence-electron chi connectivity index (χ0n) is 26.1. The first-order valence-electron chi connectivity index (χ1n) is 17.3. The monoisotopic (exact) mass is 529 g/mol. The minimum atomic E-state index is 0.850. The lowest BCUT2D eigenvalue weighted by Gasteiger charge is -2.20. The number of unbranched alkanes of at least 4 members (excludes halogenated alkanes) is 18. The summed E-state index contributed by atoms with van der Waals surface area (Å²) < 4.78 is 0. The molecule has 0 saturated carbocycles. The van der Waals surface area contributed by atoms with Crippen LogP contribution in [0.3, 0.4) is 0 Å². The van der Waals surface area contributed by atoms with Gasteiger partial charge in [0, 0.05) is 0 Å². The van der Waals surface area contributed by atoms with Crippen molar-refractivity contribution < 1.29 is 0 Å². The lowest BCUT2D eigenvalue weighted by Crippen LogP contribution is -2.07. The van der Waals surface area contributed by atoms with Crippen LogP contribution in [0.1, 0.15) is 177 Å². The molecule has 0 amide bonds. The maximum atomic E-state index is 5.69. The van der Waals surface area contributed by atoms with E-state index in [0.29, 0.717) is 0 Å². The fraction of sp³-hybridized carbons (Fsp3) is 0.833. The van der Waals surface area contributed by atoms with Crippen LogP contribution in [0.4, 0.5) is 0 Å². The summed E-state index contributed by atoms with van der Waals surface area (Å²) in [4.78, 5) is 0. The van der Waals surface area contributed by atoms with Crippen molar-refractivity contribution in [1.82, 2.24) is 0 Å². The van der Waals surface area contributed by atoms with Crippen molar-refractivity contribution in [3.8, 4) is 0 Å². The molecule has 1 aromatic rings. The summed E-state index contributed by atoms with van der Waals surface area (Å²) in [6, 6.07) is 5.09. The Balaban J connectivity index is 2.88. The molecule has 0 fully saturated rings. The molecule has 38 heavy (non-hydrogen) atoms. The van der Waals surface area contributed by atoms with Crippen LogP contribution in [0, 0.1) is 0 Å². The largest absolute Gasteiger partial charge is 0.330 e. The van der Waals surface area contributed by atoms with Crippen molar-refractivity contribution in [1.29, 1.82) is 0 Å². The molecule has 0 aliphatic heterocycles. The van der Waals surface area contributed by atoms with Gasteiger partial charge in [-0.15, -0.1) is 0 Å². The Labute approximate surface area is 239 Å². The van der Waals surface area contributed by atoms with Gasteiger partial charge < -0.3 is 11.5 Å². The third kappa shape index (κ3) is 17.7. The molecule has 2 heteroatoms. The number of hydrogen-bond donors (Lipinski definition) is 2. The smallest absolute Gasteiger partial charge is 0.00773 e. The Hall–Kier alpha value is -0.860. The minimum Gasteiger partial charge on any atom is -0.330 e. The molecule has 1 aromatic carbocycles. The molecule has 0 heterocycles. The van der Waals surface area contributed by atoms with Gasteiger partial charge in [0.15, 0.2) is 0 Å². The summed E-state index contributed by atoms with van der Waals surface area (Å²) in [6.07, 6.45) is 34.9. The highest BCUT2D eigenvalue weighted by Gasteiger charge is 2.14. The van der Waals surface area contributed by atoms with Gasteiger partial charge in [-0.3, -0.25) is 0 Å². The predicted octanol–water partition coefficient (Wildman–Crippen LogP) is 10.4. The maximum absolute atomic E-state index is 5.69. The summed E-state index contributed by atoms with van der Waals surface area (Å²) >= 11 is 0. The Bertz CT molecular complexity index is 638. The standard InChI is InChI=1S/C36H68N2/c1-3-5-7-9-15-21-27-35-33(25-19-8-6-4-2)29-30-34(26-20-14-10-12-17-23-31-37)36(35)28-22-16-11-13-18-24-32-38/h29-30H,3-28,31-32,37-38H2,1-2H3. The summed E-state index contributed by atoms with van der Waals surface area (Å²) in [5.41, 5.74) is 18.3. The molecule has 0 spiro atoms. The second kappa shape index (κ2) is 26.4. The Kier molecular flexibility index (Phi) is 24.4. The molecule has 0 aliphatic carbocycles. The Morgan fingerprint density at radius 3 is 1.03 bits per heavy atom. The van der Waals surface area contributed by atoms with Gasteiger partial charge in [0.25, 0.3) is 0 Å². The SMILES string of the molecule is CCCCCCCCc1c(CCCCCC)ccc(CCCCCCCCN)c1CCCCCCCCN. The van der Waals surface area contributed by atoms with E-state index in [1.807, 2.05) is 0 Å². The molecule has 0 radical (unpaired) electrons. The minimum absolute atomic E-state index is 0.850. The summed E-state index contributed by atoms with van der Waals surface area (Å²) in [5, 5.41) is 0. The molecular formula is C36H68N2. The van der Waals surface area contributed by atoms with Crippen molar-refractivity contribution in [2.75, 3.05) is 13.1 Å². The van der Waals surface area contributed by atoms with E-state index in [9.17, 15) is 0 Å².